The predicted molar refractivity (Wildman–Crippen MR) is 84.0 cm³/mol. The fourth-order valence-electron chi connectivity index (χ4n) is 2.28. The lowest BCUT2D eigenvalue weighted by molar-refractivity contribution is -0.139. The van der Waals surface area contributed by atoms with Gasteiger partial charge in [-0.1, -0.05) is 30.3 Å². The van der Waals surface area contributed by atoms with E-state index in [4.69, 9.17) is 9.84 Å². The molecule has 1 N–H and O–H groups in total. The van der Waals surface area contributed by atoms with Gasteiger partial charge in [-0.05, 0) is 42.7 Å². The SMILES string of the molecule is CC(C)Oc1ccc(-c2ccc(CC(=O)O)cc2)cc1C(F)(F)F. The average molecular weight is 338 g/mol. The summed E-state index contributed by atoms with van der Waals surface area (Å²) >= 11 is 0. The summed E-state index contributed by atoms with van der Waals surface area (Å²) in [6.07, 6.45) is -5.02. The number of ether oxygens (including phenoxy) is 1. The number of hydrogen-bond acceptors (Lipinski definition) is 2. The number of alkyl halides is 3. The quantitative estimate of drug-likeness (QED) is 0.853. The van der Waals surface area contributed by atoms with E-state index in [1.165, 1.54) is 6.07 Å². The molecule has 0 bridgehead atoms. The van der Waals surface area contributed by atoms with E-state index >= 15 is 0 Å². The Labute approximate surface area is 137 Å². The second kappa shape index (κ2) is 6.95. The summed E-state index contributed by atoms with van der Waals surface area (Å²) in [7, 11) is 0. The highest BCUT2D eigenvalue weighted by atomic mass is 19.4. The van der Waals surface area contributed by atoms with Crippen LogP contribution in [-0.2, 0) is 17.4 Å². The third-order valence-corrected chi connectivity index (χ3v) is 3.29. The second-order valence-electron chi connectivity index (χ2n) is 5.64. The molecule has 3 nitrogen and oxygen atoms in total. The molecule has 0 aliphatic rings. The Bertz CT molecular complexity index is 719. The first-order valence-electron chi connectivity index (χ1n) is 7.36. The summed E-state index contributed by atoms with van der Waals surface area (Å²) < 4.78 is 45.0. The Morgan fingerprint density at radius 3 is 2.17 bits per heavy atom. The molecule has 0 atom stereocenters. The molecule has 6 heteroatoms. The first-order valence-corrected chi connectivity index (χ1v) is 7.36. The van der Waals surface area contributed by atoms with E-state index in [2.05, 4.69) is 0 Å². The van der Waals surface area contributed by atoms with Gasteiger partial charge in [0.2, 0.25) is 0 Å². The Kier molecular flexibility index (Phi) is 5.17. The van der Waals surface area contributed by atoms with E-state index in [1.807, 2.05) is 0 Å². The van der Waals surface area contributed by atoms with E-state index in [1.54, 1.807) is 44.2 Å². The third kappa shape index (κ3) is 4.50. The topological polar surface area (TPSA) is 46.5 Å². The summed E-state index contributed by atoms with van der Waals surface area (Å²) in [5.74, 6) is -1.17. The van der Waals surface area contributed by atoms with Gasteiger partial charge in [0.05, 0.1) is 18.1 Å². The van der Waals surface area contributed by atoms with Gasteiger partial charge in [0.15, 0.2) is 0 Å². The van der Waals surface area contributed by atoms with E-state index in [9.17, 15) is 18.0 Å². The van der Waals surface area contributed by atoms with Crippen molar-refractivity contribution in [2.24, 2.45) is 0 Å². The molecule has 0 saturated carbocycles. The predicted octanol–water partition coefficient (Wildman–Crippen LogP) is 4.79. The van der Waals surface area contributed by atoms with Crippen LogP contribution in [-0.4, -0.2) is 17.2 Å². The maximum Gasteiger partial charge on any atom is 0.419 e. The molecular formula is C18H17F3O3. The fraction of sp³-hybridized carbons (Fsp3) is 0.278. The maximum atomic E-state index is 13.3. The van der Waals surface area contributed by atoms with E-state index in [0.29, 0.717) is 16.7 Å². The summed E-state index contributed by atoms with van der Waals surface area (Å²) in [5, 5.41) is 8.74. The molecule has 2 aromatic rings. The molecule has 0 heterocycles. The van der Waals surface area contributed by atoms with Crippen molar-refractivity contribution in [3.63, 3.8) is 0 Å². The summed E-state index contributed by atoms with van der Waals surface area (Å²) in [4.78, 5) is 10.7. The number of benzene rings is 2. The molecule has 0 fully saturated rings. The van der Waals surface area contributed by atoms with Crippen LogP contribution in [0.3, 0.4) is 0 Å². The Morgan fingerprint density at radius 1 is 1.08 bits per heavy atom. The lowest BCUT2D eigenvalue weighted by Crippen LogP contribution is -2.13. The van der Waals surface area contributed by atoms with Crippen LogP contribution in [0, 0.1) is 0 Å². The highest BCUT2D eigenvalue weighted by Gasteiger charge is 2.35. The molecule has 0 saturated heterocycles. The lowest BCUT2D eigenvalue weighted by atomic mass is 10.00. The monoisotopic (exact) mass is 338 g/mol. The number of aliphatic carboxylic acids is 1. The largest absolute Gasteiger partial charge is 0.490 e. The highest BCUT2D eigenvalue weighted by molar-refractivity contribution is 5.71. The molecule has 0 radical (unpaired) electrons. The molecule has 0 aliphatic carbocycles. The van der Waals surface area contributed by atoms with Gasteiger partial charge in [0.1, 0.15) is 5.75 Å². The molecule has 0 spiro atoms. The van der Waals surface area contributed by atoms with E-state index < -0.39 is 17.7 Å². The van der Waals surface area contributed by atoms with Crippen molar-refractivity contribution < 1.29 is 27.8 Å². The normalized spacial score (nSPS) is 11.6. The van der Waals surface area contributed by atoms with E-state index in [0.717, 1.165) is 6.07 Å². The molecule has 0 aromatic heterocycles. The van der Waals surface area contributed by atoms with Crippen LogP contribution in [0.1, 0.15) is 25.0 Å². The zero-order valence-electron chi connectivity index (χ0n) is 13.2. The van der Waals surface area contributed by atoms with Gasteiger partial charge in [0, 0.05) is 0 Å². The number of carboxylic acids is 1. The number of halogens is 3. The van der Waals surface area contributed by atoms with Gasteiger partial charge in [-0.25, -0.2) is 0 Å². The molecule has 0 amide bonds. The standard InChI is InChI=1S/C18H17F3O3/c1-11(2)24-16-8-7-14(10-15(16)18(19,20)21)13-5-3-12(4-6-13)9-17(22)23/h3-8,10-11H,9H2,1-2H3,(H,22,23). The molecule has 0 unspecified atom stereocenters. The van der Waals surface area contributed by atoms with Crippen LogP contribution < -0.4 is 4.74 Å². The highest BCUT2D eigenvalue weighted by Crippen LogP contribution is 2.39. The van der Waals surface area contributed by atoms with Crippen LogP contribution in [0.5, 0.6) is 5.75 Å². The van der Waals surface area contributed by atoms with Crippen molar-refractivity contribution in [2.75, 3.05) is 0 Å². The lowest BCUT2D eigenvalue weighted by Gasteiger charge is -2.17. The molecule has 2 rings (SSSR count). The van der Waals surface area contributed by atoms with Crippen LogP contribution >= 0.6 is 0 Å². The molecule has 0 aliphatic heterocycles. The smallest absolute Gasteiger partial charge is 0.419 e. The van der Waals surface area contributed by atoms with Crippen molar-refractivity contribution in [1.29, 1.82) is 0 Å². The minimum Gasteiger partial charge on any atom is -0.490 e. The Morgan fingerprint density at radius 2 is 1.67 bits per heavy atom. The average Bonchev–Trinajstić information content (AvgIpc) is 2.46. The second-order valence-corrected chi connectivity index (χ2v) is 5.64. The summed E-state index contributed by atoms with van der Waals surface area (Å²) in [5.41, 5.74) is 0.719. The van der Waals surface area contributed by atoms with Crippen LogP contribution in [0.4, 0.5) is 13.2 Å². The first kappa shape index (κ1) is 17.8. The molecule has 2 aromatic carbocycles. The molecular weight excluding hydrogens is 321 g/mol. The number of hydrogen-bond donors (Lipinski definition) is 1. The first-order chi connectivity index (χ1) is 11.2. The van der Waals surface area contributed by atoms with E-state index in [-0.39, 0.29) is 18.3 Å². The van der Waals surface area contributed by atoms with Crippen LogP contribution in [0.15, 0.2) is 42.5 Å². The Balaban J connectivity index is 2.39. The zero-order chi connectivity index (χ0) is 17.9. The minimum absolute atomic E-state index is 0.130. The van der Waals surface area contributed by atoms with Crippen molar-refractivity contribution in [3.8, 4) is 16.9 Å². The third-order valence-electron chi connectivity index (χ3n) is 3.29. The van der Waals surface area contributed by atoms with Gasteiger partial charge in [-0.2, -0.15) is 13.2 Å². The number of carbonyl (C=O) groups is 1. The number of rotatable bonds is 5. The molecule has 24 heavy (non-hydrogen) atoms. The van der Waals surface area contributed by atoms with Gasteiger partial charge in [-0.3, -0.25) is 4.79 Å². The summed E-state index contributed by atoms with van der Waals surface area (Å²) in [6.45, 7) is 3.32. The van der Waals surface area contributed by atoms with Gasteiger partial charge >= 0.3 is 12.1 Å². The molecule has 128 valence electrons. The van der Waals surface area contributed by atoms with Crippen molar-refractivity contribution in [1.82, 2.24) is 0 Å². The zero-order valence-corrected chi connectivity index (χ0v) is 13.2. The minimum atomic E-state index is -4.52. The number of carboxylic acid groups (broad SMARTS) is 1. The van der Waals surface area contributed by atoms with Gasteiger partial charge in [-0.15, -0.1) is 0 Å². The van der Waals surface area contributed by atoms with Crippen molar-refractivity contribution >= 4 is 5.97 Å². The van der Waals surface area contributed by atoms with Crippen molar-refractivity contribution in [2.45, 2.75) is 32.5 Å². The van der Waals surface area contributed by atoms with Crippen LogP contribution in [0.25, 0.3) is 11.1 Å². The summed E-state index contributed by atoms with van der Waals surface area (Å²) in [6, 6.07) is 10.3. The van der Waals surface area contributed by atoms with Crippen molar-refractivity contribution in [3.05, 3.63) is 53.6 Å². The Hall–Kier alpha value is -2.50. The van der Waals surface area contributed by atoms with Crippen LogP contribution in [0.2, 0.25) is 0 Å². The van der Waals surface area contributed by atoms with Gasteiger partial charge < -0.3 is 9.84 Å². The maximum absolute atomic E-state index is 13.3. The fourth-order valence-corrected chi connectivity index (χ4v) is 2.28. The van der Waals surface area contributed by atoms with Gasteiger partial charge in [0.25, 0.3) is 0 Å².